The summed E-state index contributed by atoms with van der Waals surface area (Å²) >= 11 is 0. The SMILES string of the molecule is C=Cc1cc(OCOCC)cc(OCOCC)c1. The van der Waals surface area contributed by atoms with Crippen LogP contribution in [0, 0.1) is 0 Å². The van der Waals surface area contributed by atoms with Gasteiger partial charge in [0.25, 0.3) is 0 Å². The highest BCUT2D eigenvalue weighted by atomic mass is 16.7. The van der Waals surface area contributed by atoms with E-state index in [-0.39, 0.29) is 13.6 Å². The highest BCUT2D eigenvalue weighted by Gasteiger charge is 2.01. The summed E-state index contributed by atoms with van der Waals surface area (Å²) in [6.07, 6.45) is 1.74. The number of ether oxygens (including phenoxy) is 4. The van der Waals surface area contributed by atoms with Gasteiger partial charge in [-0.3, -0.25) is 0 Å². The molecule has 0 aliphatic heterocycles. The number of benzene rings is 1. The molecular weight excluding hydrogens is 232 g/mol. The van der Waals surface area contributed by atoms with Crippen LogP contribution in [0.25, 0.3) is 6.08 Å². The predicted octanol–water partition coefficient (Wildman–Crippen LogP) is 3.08. The minimum atomic E-state index is 0.224. The maximum Gasteiger partial charge on any atom is 0.189 e. The smallest absolute Gasteiger partial charge is 0.189 e. The van der Waals surface area contributed by atoms with E-state index in [2.05, 4.69) is 6.58 Å². The molecule has 0 aliphatic rings. The molecule has 18 heavy (non-hydrogen) atoms. The van der Waals surface area contributed by atoms with Crippen molar-refractivity contribution < 1.29 is 18.9 Å². The zero-order valence-electron chi connectivity index (χ0n) is 11.0. The quantitative estimate of drug-likeness (QED) is 0.500. The van der Waals surface area contributed by atoms with Gasteiger partial charge in [-0.1, -0.05) is 12.7 Å². The molecule has 0 unspecified atom stereocenters. The summed E-state index contributed by atoms with van der Waals surface area (Å²) in [7, 11) is 0. The molecule has 0 N–H and O–H groups in total. The third-order valence-electron chi connectivity index (χ3n) is 2.16. The van der Waals surface area contributed by atoms with Gasteiger partial charge in [-0.25, -0.2) is 0 Å². The van der Waals surface area contributed by atoms with Crippen molar-refractivity contribution in [2.45, 2.75) is 13.8 Å². The van der Waals surface area contributed by atoms with Crippen molar-refractivity contribution in [1.82, 2.24) is 0 Å². The Hall–Kier alpha value is -1.52. The summed E-state index contributed by atoms with van der Waals surface area (Å²) < 4.78 is 21.2. The molecule has 0 bridgehead atoms. The molecule has 0 spiro atoms. The van der Waals surface area contributed by atoms with Crippen LogP contribution in [0.4, 0.5) is 0 Å². The highest BCUT2D eigenvalue weighted by Crippen LogP contribution is 2.23. The van der Waals surface area contributed by atoms with Crippen molar-refractivity contribution in [2.24, 2.45) is 0 Å². The largest absolute Gasteiger partial charge is 0.467 e. The first-order chi connectivity index (χ1) is 8.80. The van der Waals surface area contributed by atoms with E-state index < -0.39 is 0 Å². The molecule has 1 aromatic carbocycles. The van der Waals surface area contributed by atoms with E-state index in [1.165, 1.54) is 0 Å². The lowest BCUT2D eigenvalue weighted by molar-refractivity contribution is 0.0182. The normalized spacial score (nSPS) is 10.1. The van der Waals surface area contributed by atoms with Crippen molar-refractivity contribution in [3.63, 3.8) is 0 Å². The van der Waals surface area contributed by atoms with E-state index in [9.17, 15) is 0 Å². The molecule has 0 atom stereocenters. The van der Waals surface area contributed by atoms with Gasteiger partial charge < -0.3 is 18.9 Å². The Labute approximate surface area is 108 Å². The van der Waals surface area contributed by atoms with Gasteiger partial charge in [0.1, 0.15) is 11.5 Å². The third-order valence-corrected chi connectivity index (χ3v) is 2.16. The molecule has 1 rings (SSSR count). The molecule has 0 fully saturated rings. The first kappa shape index (κ1) is 14.5. The second-order valence-corrected chi connectivity index (χ2v) is 3.45. The van der Waals surface area contributed by atoms with Gasteiger partial charge in [0.15, 0.2) is 13.6 Å². The van der Waals surface area contributed by atoms with Gasteiger partial charge in [0, 0.05) is 19.3 Å². The minimum absolute atomic E-state index is 0.224. The van der Waals surface area contributed by atoms with Crippen LogP contribution in [0.1, 0.15) is 19.4 Å². The lowest BCUT2D eigenvalue weighted by atomic mass is 10.2. The fourth-order valence-electron chi connectivity index (χ4n) is 1.26. The zero-order chi connectivity index (χ0) is 13.2. The molecule has 0 aromatic heterocycles. The van der Waals surface area contributed by atoms with E-state index in [1.54, 1.807) is 12.1 Å². The molecule has 4 nitrogen and oxygen atoms in total. The van der Waals surface area contributed by atoms with Gasteiger partial charge in [0.05, 0.1) is 0 Å². The van der Waals surface area contributed by atoms with E-state index in [0.717, 1.165) is 5.56 Å². The molecule has 100 valence electrons. The monoisotopic (exact) mass is 252 g/mol. The minimum Gasteiger partial charge on any atom is -0.467 e. The summed E-state index contributed by atoms with van der Waals surface area (Å²) in [6, 6.07) is 5.55. The first-order valence-electron chi connectivity index (χ1n) is 5.98. The van der Waals surface area contributed by atoms with Gasteiger partial charge in [0.2, 0.25) is 0 Å². The average Bonchev–Trinajstić information content (AvgIpc) is 2.39. The van der Waals surface area contributed by atoms with Crippen molar-refractivity contribution >= 4 is 6.08 Å². The average molecular weight is 252 g/mol. The van der Waals surface area contributed by atoms with E-state index in [1.807, 2.05) is 26.0 Å². The standard InChI is InChI=1S/C14H20O4/c1-4-12-7-13(17-10-15-5-2)9-14(8-12)18-11-16-6-3/h4,7-9H,1,5-6,10-11H2,2-3H3. The molecule has 0 saturated heterocycles. The van der Waals surface area contributed by atoms with Gasteiger partial charge in [-0.15, -0.1) is 0 Å². The predicted molar refractivity (Wildman–Crippen MR) is 70.8 cm³/mol. The highest BCUT2D eigenvalue weighted by molar-refractivity contribution is 5.53. The number of hydrogen-bond donors (Lipinski definition) is 0. The molecule has 0 heterocycles. The summed E-state index contributed by atoms with van der Waals surface area (Å²) in [5.74, 6) is 1.37. The Bertz CT molecular complexity index is 335. The first-order valence-corrected chi connectivity index (χ1v) is 5.98. The van der Waals surface area contributed by atoms with E-state index in [4.69, 9.17) is 18.9 Å². The fraction of sp³-hybridized carbons (Fsp3) is 0.429. The Morgan fingerprint density at radius 1 is 0.944 bits per heavy atom. The number of rotatable bonds is 9. The molecule has 4 heteroatoms. The fourth-order valence-corrected chi connectivity index (χ4v) is 1.26. The topological polar surface area (TPSA) is 36.9 Å². The molecular formula is C14H20O4. The van der Waals surface area contributed by atoms with Gasteiger partial charge in [-0.05, 0) is 31.5 Å². The van der Waals surface area contributed by atoms with Crippen LogP contribution in [-0.4, -0.2) is 26.8 Å². The summed E-state index contributed by atoms with van der Waals surface area (Å²) in [5, 5.41) is 0. The maximum atomic E-state index is 5.45. The Morgan fingerprint density at radius 3 is 1.83 bits per heavy atom. The number of hydrogen-bond acceptors (Lipinski definition) is 4. The second kappa shape index (κ2) is 8.55. The van der Waals surface area contributed by atoms with Crippen LogP contribution in [-0.2, 0) is 9.47 Å². The van der Waals surface area contributed by atoms with Crippen LogP contribution in [0.2, 0.25) is 0 Å². The lowest BCUT2D eigenvalue weighted by Crippen LogP contribution is -2.04. The van der Waals surface area contributed by atoms with Crippen molar-refractivity contribution in [2.75, 3.05) is 26.8 Å². The van der Waals surface area contributed by atoms with Crippen LogP contribution in [0.5, 0.6) is 11.5 Å². The Kier molecular flexibility index (Phi) is 6.91. The Morgan fingerprint density at radius 2 is 1.44 bits per heavy atom. The third kappa shape index (κ3) is 5.21. The molecule has 0 radical (unpaired) electrons. The van der Waals surface area contributed by atoms with Crippen molar-refractivity contribution in [3.05, 3.63) is 30.3 Å². The molecule has 0 aliphatic carbocycles. The molecule has 0 saturated carbocycles. The summed E-state index contributed by atoms with van der Waals surface area (Å²) in [6.45, 7) is 9.25. The summed E-state index contributed by atoms with van der Waals surface area (Å²) in [5.41, 5.74) is 0.926. The van der Waals surface area contributed by atoms with Crippen molar-refractivity contribution in [1.29, 1.82) is 0 Å². The Balaban J connectivity index is 2.64. The van der Waals surface area contributed by atoms with Crippen molar-refractivity contribution in [3.8, 4) is 11.5 Å². The van der Waals surface area contributed by atoms with Gasteiger partial charge >= 0.3 is 0 Å². The van der Waals surface area contributed by atoms with Crippen LogP contribution in [0.3, 0.4) is 0 Å². The lowest BCUT2D eigenvalue weighted by Gasteiger charge is -2.11. The second-order valence-electron chi connectivity index (χ2n) is 3.45. The molecule has 0 amide bonds. The summed E-state index contributed by atoms with van der Waals surface area (Å²) in [4.78, 5) is 0. The van der Waals surface area contributed by atoms with E-state index >= 15 is 0 Å². The van der Waals surface area contributed by atoms with Crippen LogP contribution >= 0.6 is 0 Å². The van der Waals surface area contributed by atoms with Crippen LogP contribution in [0.15, 0.2) is 24.8 Å². The maximum absolute atomic E-state index is 5.45. The van der Waals surface area contributed by atoms with Crippen LogP contribution < -0.4 is 9.47 Å². The van der Waals surface area contributed by atoms with Gasteiger partial charge in [-0.2, -0.15) is 0 Å². The zero-order valence-corrected chi connectivity index (χ0v) is 11.0. The molecule has 1 aromatic rings. The van der Waals surface area contributed by atoms with E-state index in [0.29, 0.717) is 24.7 Å².